The van der Waals surface area contributed by atoms with Gasteiger partial charge in [0.2, 0.25) is 0 Å². The Kier molecular flexibility index (Phi) is 5.53. The van der Waals surface area contributed by atoms with Crippen molar-refractivity contribution in [2.75, 3.05) is 6.54 Å². The van der Waals surface area contributed by atoms with Gasteiger partial charge in [0.25, 0.3) is 0 Å². The molecule has 0 atom stereocenters. The molecule has 0 aliphatic carbocycles. The molecule has 100 valence electrons. The zero-order valence-corrected chi connectivity index (χ0v) is 12.6. The Morgan fingerprint density at radius 2 is 1.53 bits per heavy atom. The maximum Gasteiger partial charge on any atom is 0.0652 e. The molecule has 1 N–H and O–H groups in total. The van der Waals surface area contributed by atoms with Crippen molar-refractivity contribution in [1.82, 2.24) is 5.32 Å². The molecule has 4 heteroatoms. The van der Waals surface area contributed by atoms with Crippen LogP contribution in [-0.4, -0.2) is 6.54 Å². The minimum Gasteiger partial charge on any atom is -0.312 e. The van der Waals surface area contributed by atoms with E-state index in [9.17, 15) is 0 Å². The van der Waals surface area contributed by atoms with Gasteiger partial charge in [-0.15, -0.1) is 0 Å². The zero-order valence-electron chi connectivity index (χ0n) is 10.3. The van der Waals surface area contributed by atoms with Gasteiger partial charge >= 0.3 is 0 Å². The normalized spacial score (nSPS) is 10.7. The Morgan fingerprint density at radius 3 is 2.26 bits per heavy atom. The van der Waals surface area contributed by atoms with Crippen LogP contribution in [0.15, 0.2) is 42.5 Å². The van der Waals surface area contributed by atoms with Gasteiger partial charge in [0.1, 0.15) is 0 Å². The lowest BCUT2D eigenvalue weighted by molar-refractivity contribution is 0.687. The van der Waals surface area contributed by atoms with Crippen molar-refractivity contribution < 1.29 is 0 Å². The van der Waals surface area contributed by atoms with E-state index in [1.165, 1.54) is 5.56 Å². The second kappa shape index (κ2) is 7.16. The molecule has 2 aromatic rings. The lowest BCUT2D eigenvalue weighted by atomic mass is 10.1. The summed E-state index contributed by atoms with van der Waals surface area (Å²) >= 11 is 18.2. The van der Waals surface area contributed by atoms with Gasteiger partial charge in [-0.25, -0.2) is 0 Å². The van der Waals surface area contributed by atoms with Gasteiger partial charge in [0.05, 0.1) is 10.0 Å². The summed E-state index contributed by atoms with van der Waals surface area (Å²) in [5.74, 6) is 0. The lowest BCUT2D eigenvalue weighted by Gasteiger charge is -2.10. The molecule has 0 radical (unpaired) electrons. The summed E-state index contributed by atoms with van der Waals surface area (Å²) in [6.45, 7) is 1.48. The Morgan fingerprint density at radius 1 is 0.842 bits per heavy atom. The second-order valence-electron chi connectivity index (χ2n) is 4.23. The van der Waals surface area contributed by atoms with E-state index >= 15 is 0 Å². The summed E-state index contributed by atoms with van der Waals surface area (Å²) in [6, 6.07) is 13.8. The number of rotatable bonds is 5. The van der Waals surface area contributed by atoms with Gasteiger partial charge < -0.3 is 5.32 Å². The second-order valence-corrected chi connectivity index (χ2v) is 5.43. The summed E-state index contributed by atoms with van der Waals surface area (Å²) in [7, 11) is 0. The van der Waals surface area contributed by atoms with Crippen LogP contribution in [0.3, 0.4) is 0 Å². The van der Waals surface area contributed by atoms with E-state index < -0.39 is 0 Å². The molecule has 0 bridgehead atoms. The highest BCUT2D eigenvalue weighted by atomic mass is 35.5. The van der Waals surface area contributed by atoms with E-state index in [0.717, 1.165) is 18.5 Å². The fraction of sp³-hybridized carbons (Fsp3) is 0.200. The van der Waals surface area contributed by atoms with E-state index in [4.69, 9.17) is 34.8 Å². The van der Waals surface area contributed by atoms with Crippen LogP contribution in [0, 0.1) is 0 Å². The molecule has 0 amide bonds. The molecule has 0 fully saturated rings. The molecule has 0 aromatic heterocycles. The van der Waals surface area contributed by atoms with Crippen LogP contribution < -0.4 is 5.32 Å². The zero-order chi connectivity index (χ0) is 13.7. The maximum atomic E-state index is 6.14. The van der Waals surface area contributed by atoms with E-state index in [2.05, 4.69) is 17.4 Å². The Balaban J connectivity index is 1.88. The number of halogens is 3. The first-order valence-corrected chi connectivity index (χ1v) is 7.19. The fourth-order valence-corrected chi connectivity index (χ4v) is 2.50. The average Bonchev–Trinajstić information content (AvgIpc) is 2.43. The highest BCUT2D eigenvalue weighted by Gasteiger charge is 2.08. The first-order chi connectivity index (χ1) is 9.18. The largest absolute Gasteiger partial charge is 0.312 e. The minimum absolute atomic E-state index is 0.529. The Labute approximate surface area is 128 Å². The van der Waals surface area contributed by atoms with E-state index in [0.29, 0.717) is 21.6 Å². The van der Waals surface area contributed by atoms with Crippen LogP contribution >= 0.6 is 34.8 Å². The van der Waals surface area contributed by atoms with Crippen LogP contribution in [0.1, 0.15) is 11.1 Å². The Hall–Kier alpha value is -0.730. The van der Waals surface area contributed by atoms with Crippen molar-refractivity contribution in [3.05, 3.63) is 68.7 Å². The first-order valence-electron chi connectivity index (χ1n) is 6.05. The van der Waals surface area contributed by atoms with E-state index in [1.54, 1.807) is 12.1 Å². The molecule has 0 aliphatic rings. The van der Waals surface area contributed by atoms with Crippen LogP contribution in [0.25, 0.3) is 0 Å². The SMILES string of the molecule is Clc1ccc(Cl)c(CNCCc2ccccc2)c1Cl. The quantitative estimate of drug-likeness (QED) is 0.606. The molecule has 2 aromatic carbocycles. The van der Waals surface area contributed by atoms with Crippen molar-refractivity contribution in [2.24, 2.45) is 0 Å². The predicted octanol–water partition coefficient (Wildman–Crippen LogP) is 4.98. The van der Waals surface area contributed by atoms with Crippen molar-refractivity contribution in [3.8, 4) is 0 Å². The lowest BCUT2D eigenvalue weighted by Crippen LogP contribution is -2.17. The molecule has 0 aliphatic heterocycles. The molecular formula is C15H14Cl3N. The minimum atomic E-state index is 0.529. The van der Waals surface area contributed by atoms with Crippen molar-refractivity contribution in [1.29, 1.82) is 0 Å². The third-order valence-electron chi connectivity index (χ3n) is 2.87. The van der Waals surface area contributed by atoms with Crippen molar-refractivity contribution in [2.45, 2.75) is 13.0 Å². The predicted molar refractivity (Wildman–Crippen MR) is 83.3 cm³/mol. The van der Waals surface area contributed by atoms with Crippen LogP contribution in [0.2, 0.25) is 15.1 Å². The molecule has 19 heavy (non-hydrogen) atoms. The standard InChI is InChI=1S/C15H14Cl3N/c16-13-6-7-14(17)15(18)12(13)10-19-9-8-11-4-2-1-3-5-11/h1-7,19H,8-10H2. The van der Waals surface area contributed by atoms with Crippen molar-refractivity contribution in [3.63, 3.8) is 0 Å². The molecule has 2 rings (SSSR count). The highest BCUT2D eigenvalue weighted by molar-refractivity contribution is 6.44. The molecule has 0 unspecified atom stereocenters. The number of nitrogens with one attached hydrogen (secondary N) is 1. The third-order valence-corrected chi connectivity index (χ3v) is 4.07. The highest BCUT2D eigenvalue weighted by Crippen LogP contribution is 2.31. The van der Waals surface area contributed by atoms with Gasteiger partial charge in [-0.1, -0.05) is 65.1 Å². The molecule has 0 spiro atoms. The summed E-state index contributed by atoms with van der Waals surface area (Å²) in [5.41, 5.74) is 2.15. The third kappa shape index (κ3) is 4.12. The molecular weight excluding hydrogens is 301 g/mol. The van der Waals surface area contributed by atoms with E-state index in [-0.39, 0.29) is 0 Å². The molecule has 0 heterocycles. The van der Waals surface area contributed by atoms with Crippen LogP contribution in [-0.2, 0) is 13.0 Å². The Bertz CT molecular complexity index is 541. The first kappa shape index (κ1) is 14.7. The monoisotopic (exact) mass is 313 g/mol. The van der Waals surface area contributed by atoms with Gasteiger partial charge in [-0.05, 0) is 30.7 Å². The number of hydrogen-bond donors (Lipinski definition) is 1. The number of benzene rings is 2. The van der Waals surface area contributed by atoms with Crippen molar-refractivity contribution >= 4 is 34.8 Å². The number of hydrogen-bond acceptors (Lipinski definition) is 1. The molecule has 0 saturated carbocycles. The smallest absolute Gasteiger partial charge is 0.0652 e. The van der Waals surface area contributed by atoms with Crippen LogP contribution in [0.4, 0.5) is 0 Å². The summed E-state index contributed by atoms with van der Waals surface area (Å²) in [4.78, 5) is 0. The average molecular weight is 315 g/mol. The summed E-state index contributed by atoms with van der Waals surface area (Å²) in [5, 5.41) is 5.03. The maximum absolute atomic E-state index is 6.14. The topological polar surface area (TPSA) is 12.0 Å². The van der Waals surface area contributed by atoms with Crippen LogP contribution in [0.5, 0.6) is 0 Å². The van der Waals surface area contributed by atoms with Gasteiger partial charge in [-0.3, -0.25) is 0 Å². The summed E-state index contributed by atoms with van der Waals surface area (Å²) in [6.07, 6.45) is 0.969. The summed E-state index contributed by atoms with van der Waals surface area (Å²) < 4.78 is 0. The fourth-order valence-electron chi connectivity index (χ4n) is 1.82. The molecule has 0 saturated heterocycles. The molecule has 1 nitrogen and oxygen atoms in total. The van der Waals surface area contributed by atoms with E-state index in [1.807, 2.05) is 18.2 Å². The van der Waals surface area contributed by atoms with Gasteiger partial charge in [0.15, 0.2) is 0 Å². The van der Waals surface area contributed by atoms with Gasteiger partial charge in [0, 0.05) is 17.1 Å². The van der Waals surface area contributed by atoms with Gasteiger partial charge in [-0.2, -0.15) is 0 Å².